The van der Waals surface area contributed by atoms with E-state index in [-0.39, 0.29) is 0 Å². The zero-order chi connectivity index (χ0) is 20.5. The largest absolute Gasteiger partial charge is 0.312 e. The predicted molar refractivity (Wildman–Crippen MR) is 121 cm³/mol. The normalized spacial score (nSPS) is 24.9. The predicted octanol–water partition coefficient (Wildman–Crippen LogP) is 4.37. The van der Waals surface area contributed by atoms with Gasteiger partial charge in [0, 0.05) is 25.7 Å². The second kappa shape index (κ2) is 8.97. The average Bonchev–Trinajstić information content (AvgIpc) is 3.48. The molecule has 3 fully saturated rings. The minimum atomic E-state index is 0.291. The summed E-state index contributed by atoms with van der Waals surface area (Å²) in [7, 11) is 0. The lowest BCUT2D eigenvalue weighted by Crippen LogP contribution is -2.39. The second-order valence-corrected chi connectivity index (χ2v) is 9.97. The Labute approximate surface area is 184 Å². The van der Waals surface area contributed by atoms with E-state index < -0.39 is 0 Å². The van der Waals surface area contributed by atoms with Crippen molar-refractivity contribution in [2.75, 3.05) is 38.1 Å². The molecule has 0 radical (unpaired) electrons. The molecule has 1 aliphatic carbocycles. The summed E-state index contributed by atoms with van der Waals surface area (Å²) in [6.07, 6.45) is 12.0. The maximum Gasteiger partial charge on any atom is 0.226 e. The number of nitrogens with one attached hydrogen (secondary N) is 1. The average molecular weight is 432 g/mol. The van der Waals surface area contributed by atoms with Gasteiger partial charge in [0.15, 0.2) is 17.0 Å². The van der Waals surface area contributed by atoms with E-state index in [9.17, 15) is 0 Å². The van der Waals surface area contributed by atoms with Gasteiger partial charge in [-0.1, -0.05) is 19.8 Å². The maximum absolute atomic E-state index is 6.29. The van der Waals surface area contributed by atoms with Gasteiger partial charge in [0.05, 0.1) is 6.33 Å². The Kier molecular flexibility index (Phi) is 6.12. The van der Waals surface area contributed by atoms with Crippen LogP contribution in [0, 0.1) is 11.8 Å². The Bertz CT molecular complexity index is 855. The molecule has 1 atom stereocenters. The van der Waals surface area contributed by atoms with Crippen LogP contribution in [0.25, 0.3) is 11.2 Å². The summed E-state index contributed by atoms with van der Waals surface area (Å²) >= 11 is 6.29. The lowest BCUT2D eigenvalue weighted by molar-refractivity contribution is 0.192. The molecule has 3 aliphatic rings. The van der Waals surface area contributed by atoms with Gasteiger partial charge in [-0.25, -0.2) is 9.99 Å². The van der Waals surface area contributed by atoms with Gasteiger partial charge in [-0.3, -0.25) is 0 Å². The first-order valence-corrected chi connectivity index (χ1v) is 12.2. The highest BCUT2D eigenvalue weighted by molar-refractivity contribution is 6.28. The number of hydrogen-bond donors (Lipinski definition) is 1. The van der Waals surface area contributed by atoms with E-state index in [0.29, 0.717) is 11.3 Å². The molecule has 8 heteroatoms. The quantitative estimate of drug-likeness (QED) is 0.685. The van der Waals surface area contributed by atoms with Crippen molar-refractivity contribution in [3.05, 3.63) is 11.6 Å². The SMILES string of the molecule is CC1CCN(CCC2CCN(Nc3nc(Cl)nc4c3ncn4C3CCCC3)CC2)C1. The fourth-order valence-electron chi connectivity index (χ4n) is 5.50. The third-order valence-corrected chi connectivity index (χ3v) is 7.52. The summed E-state index contributed by atoms with van der Waals surface area (Å²) in [5.41, 5.74) is 5.19. The van der Waals surface area contributed by atoms with Crippen LogP contribution in [0.3, 0.4) is 0 Å². The third kappa shape index (κ3) is 4.43. The van der Waals surface area contributed by atoms with Crippen molar-refractivity contribution in [1.29, 1.82) is 0 Å². The smallest absolute Gasteiger partial charge is 0.226 e. The van der Waals surface area contributed by atoms with Gasteiger partial charge in [-0.05, 0) is 75.1 Å². The first-order chi connectivity index (χ1) is 14.7. The molecule has 2 aromatic rings. The van der Waals surface area contributed by atoms with Gasteiger partial charge in [0.1, 0.15) is 0 Å². The lowest BCUT2D eigenvalue weighted by Gasteiger charge is -2.33. The third-order valence-electron chi connectivity index (χ3n) is 7.35. The number of hydrogen-bond acceptors (Lipinski definition) is 6. The summed E-state index contributed by atoms with van der Waals surface area (Å²) in [6, 6.07) is 0.489. The number of nitrogens with zero attached hydrogens (tertiary/aromatic N) is 6. The number of imidazole rings is 1. The molecule has 2 saturated heterocycles. The van der Waals surface area contributed by atoms with Crippen molar-refractivity contribution >= 4 is 28.6 Å². The monoisotopic (exact) mass is 431 g/mol. The van der Waals surface area contributed by atoms with Crippen LogP contribution in [0.4, 0.5) is 5.82 Å². The first kappa shape index (κ1) is 20.5. The summed E-state index contributed by atoms with van der Waals surface area (Å²) in [5.74, 6) is 2.45. The molecule has 2 aromatic heterocycles. The zero-order valence-corrected chi connectivity index (χ0v) is 18.8. The summed E-state index contributed by atoms with van der Waals surface area (Å²) in [4.78, 5) is 16.3. The number of halogens is 1. The molecule has 4 heterocycles. The molecule has 0 amide bonds. The van der Waals surface area contributed by atoms with Crippen LogP contribution < -0.4 is 5.43 Å². The molecule has 1 unspecified atom stereocenters. The van der Waals surface area contributed by atoms with Gasteiger partial charge < -0.3 is 14.9 Å². The number of aromatic nitrogens is 4. The van der Waals surface area contributed by atoms with Crippen molar-refractivity contribution in [3.8, 4) is 0 Å². The Balaban J connectivity index is 1.19. The van der Waals surface area contributed by atoms with E-state index in [2.05, 4.69) is 41.8 Å². The number of fused-ring (bicyclic) bond motifs is 1. The summed E-state index contributed by atoms with van der Waals surface area (Å²) in [5, 5.41) is 2.57. The minimum absolute atomic E-state index is 0.291. The van der Waals surface area contributed by atoms with Crippen LogP contribution in [0.1, 0.15) is 64.3 Å². The molecule has 1 N–H and O–H groups in total. The van der Waals surface area contributed by atoms with E-state index in [1.165, 1.54) is 71.0 Å². The van der Waals surface area contributed by atoms with E-state index in [0.717, 1.165) is 41.9 Å². The molecule has 30 heavy (non-hydrogen) atoms. The van der Waals surface area contributed by atoms with Crippen LogP contribution in [-0.4, -0.2) is 62.2 Å². The van der Waals surface area contributed by atoms with Crippen LogP contribution in [-0.2, 0) is 0 Å². The van der Waals surface area contributed by atoms with Crippen LogP contribution in [0.5, 0.6) is 0 Å². The Hall–Kier alpha value is -1.44. The number of rotatable bonds is 6. The molecule has 1 saturated carbocycles. The van der Waals surface area contributed by atoms with Crippen LogP contribution in [0.15, 0.2) is 6.33 Å². The molecule has 7 nitrogen and oxygen atoms in total. The van der Waals surface area contributed by atoms with Gasteiger partial charge >= 0.3 is 0 Å². The number of hydrazine groups is 1. The number of likely N-dealkylation sites (tertiary alicyclic amines) is 1. The molecular weight excluding hydrogens is 398 g/mol. The topological polar surface area (TPSA) is 62.1 Å². The van der Waals surface area contributed by atoms with Gasteiger partial charge in [0.25, 0.3) is 0 Å². The molecule has 0 bridgehead atoms. The van der Waals surface area contributed by atoms with Crippen molar-refractivity contribution < 1.29 is 0 Å². The lowest BCUT2D eigenvalue weighted by atomic mass is 9.94. The molecule has 0 spiro atoms. The fourth-order valence-corrected chi connectivity index (χ4v) is 5.66. The highest BCUT2D eigenvalue weighted by Gasteiger charge is 2.25. The number of piperidine rings is 1. The van der Waals surface area contributed by atoms with Gasteiger partial charge in [-0.2, -0.15) is 9.97 Å². The molecular formula is C22H34ClN7. The molecule has 0 aromatic carbocycles. The van der Waals surface area contributed by atoms with Crippen molar-refractivity contribution in [1.82, 2.24) is 29.4 Å². The Morgan fingerprint density at radius 1 is 1.07 bits per heavy atom. The summed E-state index contributed by atoms with van der Waals surface area (Å²) < 4.78 is 2.20. The fraction of sp³-hybridized carbons (Fsp3) is 0.773. The first-order valence-electron chi connectivity index (χ1n) is 11.8. The van der Waals surface area contributed by atoms with Crippen LogP contribution >= 0.6 is 11.6 Å². The van der Waals surface area contributed by atoms with Gasteiger partial charge in [-0.15, -0.1) is 0 Å². The molecule has 5 rings (SSSR count). The number of anilines is 1. The Morgan fingerprint density at radius 2 is 1.87 bits per heavy atom. The van der Waals surface area contributed by atoms with Crippen molar-refractivity contribution in [2.45, 2.75) is 64.3 Å². The Morgan fingerprint density at radius 3 is 2.60 bits per heavy atom. The maximum atomic E-state index is 6.29. The highest BCUT2D eigenvalue weighted by Crippen LogP contribution is 2.33. The van der Waals surface area contributed by atoms with Crippen molar-refractivity contribution in [3.63, 3.8) is 0 Å². The van der Waals surface area contributed by atoms with E-state index >= 15 is 0 Å². The van der Waals surface area contributed by atoms with E-state index in [4.69, 9.17) is 11.6 Å². The molecule has 164 valence electrons. The second-order valence-electron chi connectivity index (χ2n) is 9.63. The molecule has 2 aliphatic heterocycles. The minimum Gasteiger partial charge on any atom is -0.312 e. The highest BCUT2D eigenvalue weighted by atomic mass is 35.5. The van der Waals surface area contributed by atoms with Crippen LogP contribution in [0.2, 0.25) is 5.28 Å². The van der Waals surface area contributed by atoms with E-state index in [1.807, 2.05) is 6.33 Å². The van der Waals surface area contributed by atoms with Gasteiger partial charge in [0.2, 0.25) is 5.28 Å². The summed E-state index contributed by atoms with van der Waals surface area (Å²) in [6.45, 7) is 8.29. The standard InChI is InChI=1S/C22H34ClN7/c1-16-6-10-28(14-16)11-7-17-8-12-29(13-9-17)27-20-19-21(26-22(23)25-20)30(15-24-19)18-4-2-3-5-18/h15-18H,2-14H2,1H3,(H,25,26,27). The zero-order valence-electron chi connectivity index (χ0n) is 18.1. The van der Waals surface area contributed by atoms with Crippen molar-refractivity contribution in [2.24, 2.45) is 11.8 Å². The van der Waals surface area contributed by atoms with E-state index in [1.54, 1.807) is 0 Å².